The molecule has 1 aromatic rings. The van der Waals surface area contributed by atoms with Gasteiger partial charge in [0, 0.05) is 25.6 Å². The molecule has 0 saturated carbocycles. The van der Waals surface area contributed by atoms with Crippen LogP contribution in [-0.4, -0.2) is 29.9 Å². The maximum absolute atomic E-state index is 12.5. The Morgan fingerprint density at radius 3 is 2.95 bits per heavy atom. The minimum atomic E-state index is 0.173. The molecular weight excluding hydrogens is 248 g/mol. The van der Waals surface area contributed by atoms with Crippen molar-refractivity contribution in [1.29, 1.82) is 0 Å². The Morgan fingerprint density at radius 1 is 1.25 bits per heavy atom. The maximum Gasteiger partial charge on any atom is 0.223 e. The van der Waals surface area contributed by atoms with E-state index in [4.69, 9.17) is 5.73 Å². The molecular formula is C17H24N2O. The fourth-order valence-electron chi connectivity index (χ4n) is 3.64. The number of fused-ring (bicyclic) bond motifs is 1. The average molecular weight is 272 g/mol. The normalized spacial score (nSPS) is 26.1. The van der Waals surface area contributed by atoms with Crippen LogP contribution in [0, 0.1) is 0 Å². The van der Waals surface area contributed by atoms with Gasteiger partial charge in [0.1, 0.15) is 0 Å². The van der Waals surface area contributed by atoms with E-state index in [1.165, 1.54) is 17.5 Å². The summed E-state index contributed by atoms with van der Waals surface area (Å²) in [6.07, 6.45) is 6.26. The molecule has 2 atom stereocenters. The Labute approximate surface area is 121 Å². The number of hydrogen-bond acceptors (Lipinski definition) is 2. The van der Waals surface area contributed by atoms with Crippen LogP contribution in [0.5, 0.6) is 0 Å². The smallest absolute Gasteiger partial charge is 0.223 e. The van der Waals surface area contributed by atoms with E-state index in [1.54, 1.807) is 0 Å². The Balaban J connectivity index is 1.68. The second-order valence-corrected chi connectivity index (χ2v) is 6.23. The zero-order valence-electron chi connectivity index (χ0n) is 12.1. The first kappa shape index (κ1) is 13.6. The summed E-state index contributed by atoms with van der Waals surface area (Å²) in [5, 5.41) is 0. The zero-order valence-corrected chi connectivity index (χ0v) is 12.1. The summed E-state index contributed by atoms with van der Waals surface area (Å²) in [4.78, 5) is 14.5. The van der Waals surface area contributed by atoms with Gasteiger partial charge in [-0.25, -0.2) is 0 Å². The molecule has 0 aromatic heterocycles. The number of carbonyl (C=O) groups is 1. The van der Waals surface area contributed by atoms with Gasteiger partial charge < -0.3 is 10.6 Å². The van der Waals surface area contributed by atoms with Crippen LogP contribution < -0.4 is 5.73 Å². The molecule has 1 fully saturated rings. The van der Waals surface area contributed by atoms with Gasteiger partial charge in [0.2, 0.25) is 5.91 Å². The number of rotatable bonds is 2. The van der Waals surface area contributed by atoms with Gasteiger partial charge in [-0.1, -0.05) is 24.3 Å². The number of nitrogens with two attached hydrogens (primary N) is 1. The van der Waals surface area contributed by atoms with Crippen LogP contribution in [0.25, 0.3) is 0 Å². The molecule has 0 bridgehead atoms. The Morgan fingerprint density at radius 2 is 2.10 bits per heavy atom. The predicted molar refractivity (Wildman–Crippen MR) is 80.5 cm³/mol. The van der Waals surface area contributed by atoms with Crippen LogP contribution in [0.2, 0.25) is 0 Å². The first-order chi connectivity index (χ1) is 9.74. The van der Waals surface area contributed by atoms with Gasteiger partial charge in [-0.05, 0) is 49.1 Å². The predicted octanol–water partition coefficient (Wildman–Crippen LogP) is 2.45. The summed E-state index contributed by atoms with van der Waals surface area (Å²) < 4.78 is 0. The number of aryl methyl sites for hydroxylation is 1. The lowest BCUT2D eigenvalue weighted by atomic mass is 9.81. The van der Waals surface area contributed by atoms with E-state index < -0.39 is 0 Å². The third-order valence-corrected chi connectivity index (χ3v) is 4.73. The molecule has 108 valence electrons. The van der Waals surface area contributed by atoms with Crippen molar-refractivity contribution < 1.29 is 4.79 Å². The monoisotopic (exact) mass is 272 g/mol. The highest BCUT2D eigenvalue weighted by Gasteiger charge is 2.26. The van der Waals surface area contributed by atoms with Crippen LogP contribution in [0.3, 0.4) is 0 Å². The van der Waals surface area contributed by atoms with Crippen molar-refractivity contribution in [2.45, 2.75) is 50.5 Å². The quantitative estimate of drug-likeness (QED) is 0.899. The van der Waals surface area contributed by atoms with E-state index in [0.717, 1.165) is 38.8 Å². The van der Waals surface area contributed by atoms with Crippen molar-refractivity contribution in [3.8, 4) is 0 Å². The molecule has 1 amide bonds. The second kappa shape index (κ2) is 5.96. The van der Waals surface area contributed by atoms with Crippen LogP contribution >= 0.6 is 0 Å². The fourth-order valence-corrected chi connectivity index (χ4v) is 3.64. The first-order valence-electron chi connectivity index (χ1n) is 7.85. The molecule has 3 nitrogen and oxygen atoms in total. The summed E-state index contributed by atoms with van der Waals surface area (Å²) in [6.45, 7) is 1.63. The molecule has 1 aliphatic heterocycles. The lowest BCUT2D eigenvalue weighted by Crippen LogP contribution is -2.46. The molecule has 0 spiro atoms. The van der Waals surface area contributed by atoms with E-state index in [0.29, 0.717) is 18.2 Å². The van der Waals surface area contributed by atoms with E-state index in [-0.39, 0.29) is 6.04 Å². The number of piperidine rings is 1. The lowest BCUT2D eigenvalue weighted by molar-refractivity contribution is -0.132. The first-order valence-corrected chi connectivity index (χ1v) is 7.85. The average Bonchev–Trinajstić information content (AvgIpc) is 2.47. The number of carbonyl (C=O) groups excluding carboxylic acids is 1. The highest BCUT2D eigenvalue weighted by molar-refractivity contribution is 5.77. The third kappa shape index (κ3) is 2.88. The van der Waals surface area contributed by atoms with E-state index in [1.807, 2.05) is 4.90 Å². The summed E-state index contributed by atoms with van der Waals surface area (Å²) in [7, 11) is 0. The van der Waals surface area contributed by atoms with Crippen LogP contribution in [0.1, 0.15) is 49.1 Å². The minimum absolute atomic E-state index is 0.173. The van der Waals surface area contributed by atoms with Gasteiger partial charge >= 0.3 is 0 Å². The fraction of sp³-hybridized carbons (Fsp3) is 0.588. The minimum Gasteiger partial charge on any atom is -0.341 e. The SMILES string of the molecule is NC1CCCN(C(=O)CC2CCCc3ccccc32)C1. The Kier molecular flexibility index (Phi) is 4.06. The topological polar surface area (TPSA) is 46.3 Å². The summed E-state index contributed by atoms with van der Waals surface area (Å²) >= 11 is 0. The number of benzene rings is 1. The van der Waals surface area contributed by atoms with E-state index >= 15 is 0 Å². The lowest BCUT2D eigenvalue weighted by Gasteiger charge is -2.33. The highest BCUT2D eigenvalue weighted by atomic mass is 16.2. The summed E-state index contributed by atoms with van der Waals surface area (Å²) in [5.74, 6) is 0.701. The van der Waals surface area contributed by atoms with Crippen molar-refractivity contribution in [2.24, 2.45) is 5.73 Å². The summed E-state index contributed by atoms with van der Waals surface area (Å²) in [5.41, 5.74) is 8.81. The van der Waals surface area contributed by atoms with Gasteiger partial charge in [-0.15, -0.1) is 0 Å². The van der Waals surface area contributed by atoms with Gasteiger partial charge in [0.25, 0.3) is 0 Å². The second-order valence-electron chi connectivity index (χ2n) is 6.23. The molecule has 20 heavy (non-hydrogen) atoms. The molecule has 2 unspecified atom stereocenters. The molecule has 3 rings (SSSR count). The Bertz CT molecular complexity index is 486. The number of nitrogens with zero attached hydrogens (tertiary/aromatic N) is 1. The maximum atomic E-state index is 12.5. The Hall–Kier alpha value is -1.35. The van der Waals surface area contributed by atoms with Crippen LogP contribution in [0.4, 0.5) is 0 Å². The zero-order chi connectivity index (χ0) is 13.9. The highest BCUT2D eigenvalue weighted by Crippen LogP contribution is 2.34. The van der Waals surface area contributed by atoms with Gasteiger partial charge in [0.15, 0.2) is 0 Å². The van der Waals surface area contributed by atoms with Gasteiger partial charge in [-0.3, -0.25) is 4.79 Å². The molecule has 1 aliphatic carbocycles. The number of hydrogen-bond donors (Lipinski definition) is 1. The van der Waals surface area contributed by atoms with Gasteiger partial charge in [-0.2, -0.15) is 0 Å². The van der Waals surface area contributed by atoms with E-state index in [2.05, 4.69) is 24.3 Å². The van der Waals surface area contributed by atoms with Crippen molar-refractivity contribution >= 4 is 5.91 Å². The largest absolute Gasteiger partial charge is 0.341 e. The van der Waals surface area contributed by atoms with Crippen LogP contribution in [0.15, 0.2) is 24.3 Å². The van der Waals surface area contributed by atoms with Crippen LogP contribution in [-0.2, 0) is 11.2 Å². The molecule has 0 radical (unpaired) electrons. The molecule has 2 aliphatic rings. The van der Waals surface area contributed by atoms with Gasteiger partial charge in [0.05, 0.1) is 0 Å². The van der Waals surface area contributed by atoms with E-state index in [9.17, 15) is 4.79 Å². The number of amides is 1. The standard InChI is InChI=1S/C17H24N2O/c18-15-8-4-10-19(12-15)17(20)11-14-7-3-6-13-5-1-2-9-16(13)14/h1-2,5,9,14-15H,3-4,6-8,10-12,18H2. The van der Waals surface area contributed by atoms with Crippen molar-refractivity contribution in [3.05, 3.63) is 35.4 Å². The molecule has 1 aromatic carbocycles. The molecule has 1 heterocycles. The number of likely N-dealkylation sites (tertiary alicyclic amines) is 1. The molecule has 1 saturated heterocycles. The molecule has 3 heteroatoms. The molecule has 2 N–H and O–H groups in total. The van der Waals surface area contributed by atoms with Crippen molar-refractivity contribution in [3.63, 3.8) is 0 Å². The summed E-state index contributed by atoms with van der Waals surface area (Å²) in [6, 6.07) is 8.79. The third-order valence-electron chi connectivity index (χ3n) is 4.73. The van der Waals surface area contributed by atoms with Crippen molar-refractivity contribution in [1.82, 2.24) is 4.90 Å². The van der Waals surface area contributed by atoms with Crippen molar-refractivity contribution in [2.75, 3.05) is 13.1 Å².